The molecule has 0 saturated carbocycles. The van der Waals surface area contributed by atoms with Crippen LogP contribution in [0.25, 0.3) is 0 Å². The van der Waals surface area contributed by atoms with Gasteiger partial charge in [-0.25, -0.2) is 14.2 Å². The standard InChI is InChI=1S/C18H11N3O3S/c22-21(23)13-6-3-5-12(11-13)17-14-7-1-2-9-16(14)25(24)18-15(20-17)8-4-10-19-18/h1-11H. The van der Waals surface area contributed by atoms with E-state index in [0.29, 0.717) is 32.4 Å². The van der Waals surface area contributed by atoms with Crippen molar-refractivity contribution < 1.29 is 9.13 Å². The van der Waals surface area contributed by atoms with E-state index >= 15 is 0 Å². The molecule has 0 spiro atoms. The molecule has 1 aliphatic heterocycles. The second-order valence-corrected chi connectivity index (χ2v) is 6.72. The Bertz CT molecular complexity index is 1060. The van der Waals surface area contributed by atoms with Gasteiger partial charge in [-0.1, -0.05) is 30.3 Å². The van der Waals surface area contributed by atoms with Crippen LogP contribution in [0.1, 0.15) is 11.1 Å². The Labute approximate surface area is 145 Å². The fourth-order valence-electron chi connectivity index (χ4n) is 2.71. The van der Waals surface area contributed by atoms with Crippen molar-refractivity contribution in [1.29, 1.82) is 0 Å². The number of aliphatic imine (C=N–C) groups is 1. The topological polar surface area (TPSA) is 85.5 Å². The largest absolute Gasteiger partial charge is 0.270 e. The summed E-state index contributed by atoms with van der Waals surface area (Å²) in [5.74, 6) is 0. The van der Waals surface area contributed by atoms with E-state index in [1.165, 1.54) is 12.1 Å². The molecule has 25 heavy (non-hydrogen) atoms. The van der Waals surface area contributed by atoms with Crippen molar-refractivity contribution in [3.63, 3.8) is 0 Å². The van der Waals surface area contributed by atoms with Crippen LogP contribution in [0, 0.1) is 10.1 Å². The molecule has 0 N–H and O–H groups in total. The average molecular weight is 349 g/mol. The maximum Gasteiger partial charge on any atom is 0.270 e. The monoisotopic (exact) mass is 349 g/mol. The third-order valence-electron chi connectivity index (χ3n) is 3.83. The van der Waals surface area contributed by atoms with Gasteiger partial charge in [0.25, 0.3) is 5.69 Å². The number of rotatable bonds is 2. The highest BCUT2D eigenvalue weighted by Crippen LogP contribution is 2.33. The fourth-order valence-corrected chi connectivity index (χ4v) is 3.94. The number of nitro groups is 1. The van der Waals surface area contributed by atoms with Gasteiger partial charge in [-0.05, 0) is 18.2 Å². The molecule has 0 bridgehead atoms. The highest BCUT2D eigenvalue weighted by atomic mass is 32.2. The van der Waals surface area contributed by atoms with E-state index in [9.17, 15) is 14.3 Å². The molecule has 0 amide bonds. The summed E-state index contributed by atoms with van der Waals surface area (Å²) in [5.41, 5.74) is 2.29. The predicted octanol–water partition coefficient (Wildman–Crippen LogP) is 3.64. The van der Waals surface area contributed by atoms with Gasteiger partial charge < -0.3 is 0 Å². The van der Waals surface area contributed by atoms with E-state index in [-0.39, 0.29) is 5.69 Å². The normalized spacial score (nSPS) is 15.5. The molecular weight excluding hydrogens is 338 g/mol. The smallest absolute Gasteiger partial charge is 0.258 e. The molecule has 122 valence electrons. The molecule has 7 heteroatoms. The highest BCUT2D eigenvalue weighted by Gasteiger charge is 2.24. The summed E-state index contributed by atoms with van der Waals surface area (Å²) in [7, 11) is -1.48. The van der Waals surface area contributed by atoms with Crippen molar-refractivity contribution in [3.05, 3.63) is 88.1 Å². The molecule has 2 aromatic carbocycles. The molecule has 1 atom stereocenters. The van der Waals surface area contributed by atoms with E-state index in [0.717, 1.165) is 0 Å². The van der Waals surface area contributed by atoms with Crippen LogP contribution in [-0.2, 0) is 10.8 Å². The summed E-state index contributed by atoms with van der Waals surface area (Å²) in [6.45, 7) is 0. The summed E-state index contributed by atoms with van der Waals surface area (Å²) >= 11 is 0. The van der Waals surface area contributed by atoms with Crippen molar-refractivity contribution >= 4 is 27.9 Å². The lowest BCUT2D eigenvalue weighted by Crippen LogP contribution is -2.06. The molecular formula is C18H11N3O3S. The van der Waals surface area contributed by atoms with Gasteiger partial charge in [0.05, 0.1) is 21.2 Å². The number of hydrogen-bond acceptors (Lipinski definition) is 5. The first-order valence-corrected chi connectivity index (χ1v) is 8.60. The Kier molecular flexibility index (Phi) is 3.70. The number of nitro benzene ring substituents is 1. The zero-order valence-corrected chi connectivity index (χ0v) is 13.6. The Morgan fingerprint density at radius 1 is 1.00 bits per heavy atom. The number of non-ortho nitro benzene ring substituents is 1. The second-order valence-electron chi connectivity index (χ2n) is 5.36. The van der Waals surface area contributed by atoms with Gasteiger partial charge >= 0.3 is 0 Å². The van der Waals surface area contributed by atoms with Gasteiger partial charge in [0, 0.05) is 29.5 Å². The number of aromatic nitrogens is 1. The van der Waals surface area contributed by atoms with Crippen molar-refractivity contribution in [2.75, 3.05) is 0 Å². The fraction of sp³-hybridized carbons (Fsp3) is 0. The molecule has 2 heterocycles. The summed E-state index contributed by atoms with van der Waals surface area (Å²) < 4.78 is 12.9. The van der Waals surface area contributed by atoms with E-state index in [1.54, 1.807) is 42.6 Å². The van der Waals surface area contributed by atoms with Gasteiger partial charge in [-0.3, -0.25) is 10.1 Å². The van der Waals surface area contributed by atoms with E-state index in [4.69, 9.17) is 0 Å². The van der Waals surface area contributed by atoms with Crippen LogP contribution in [0.4, 0.5) is 11.4 Å². The van der Waals surface area contributed by atoms with E-state index in [1.807, 2.05) is 12.1 Å². The van der Waals surface area contributed by atoms with Crippen LogP contribution in [-0.4, -0.2) is 19.8 Å². The van der Waals surface area contributed by atoms with Crippen LogP contribution in [0.3, 0.4) is 0 Å². The lowest BCUT2D eigenvalue weighted by atomic mass is 10.0. The maximum absolute atomic E-state index is 12.9. The van der Waals surface area contributed by atoms with E-state index in [2.05, 4.69) is 9.98 Å². The molecule has 6 nitrogen and oxygen atoms in total. The van der Waals surface area contributed by atoms with Crippen molar-refractivity contribution in [3.8, 4) is 0 Å². The first kappa shape index (κ1) is 15.3. The van der Waals surface area contributed by atoms with Crippen LogP contribution in [0.5, 0.6) is 0 Å². The zero-order valence-electron chi connectivity index (χ0n) is 12.8. The second kappa shape index (κ2) is 6.03. The van der Waals surface area contributed by atoms with Gasteiger partial charge in [-0.2, -0.15) is 0 Å². The number of nitrogens with zero attached hydrogens (tertiary/aromatic N) is 3. The summed E-state index contributed by atoms with van der Waals surface area (Å²) in [6, 6.07) is 16.9. The molecule has 0 fully saturated rings. The molecule has 3 aromatic rings. The first-order valence-electron chi connectivity index (χ1n) is 7.45. The van der Waals surface area contributed by atoms with Gasteiger partial charge in [0.2, 0.25) is 0 Å². The minimum atomic E-state index is -1.48. The molecule has 1 unspecified atom stereocenters. The molecule has 0 radical (unpaired) electrons. The lowest BCUT2D eigenvalue weighted by Gasteiger charge is -2.08. The Balaban J connectivity index is 2.02. The van der Waals surface area contributed by atoms with Crippen LogP contribution in [0.15, 0.2) is 81.8 Å². The van der Waals surface area contributed by atoms with Crippen LogP contribution < -0.4 is 0 Å². The van der Waals surface area contributed by atoms with Gasteiger partial charge in [-0.15, -0.1) is 0 Å². The van der Waals surface area contributed by atoms with Gasteiger partial charge in [0.15, 0.2) is 5.03 Å². The Hall–Kier alpha value is -3.19. The number of benzene rings is 2. The van der Waals surface area contributed by atoms with E-state index < -0.39 is 15.7 Å². The number of hydrogen-bond donors (Lipinski definition) is 0. The lowest BCUT2D eigenvalue weighted by molar-refractivity contribution is -0.384. The predicted molar refractivity (Wildman–Crippen MR) is 93.7 cm³/mol. The van der Waals surface area contributed by atoms with Crippen LogP contribution in [0.2, 0.25) is 0 Å². The van der Waals surface area contributed by atoms with Crippen molar-refractivity contribution in [1.82, 2.24) is 4.98 Å². The van der Waals surface area contributed by atoms with Crippen LogP contribution >= 0.6 is 0 Å². The average Bonchev–Trinajstić information content (AvgIpc) is 2.78. The maximum atomic E-state index is 12.9. The number of pyridine rings is 1. The van der Waals surface area contributed by atoms with Crippen molar-refractivity contribution in [2.45, 2.75) is 9.92 Å². The third kappa shape index (κ3) is 2.64. The number of fused-ring (bicyclic) bond motifs is 2. The minimum Gasteiger partial charge on any atom is -0.258 e. The summed E-state index contributed by atoms with van der Waals surface area (Å²) in [5, 5.41) is 11.5. The molecule has 1 aliphatic rings. The third-order valence-corrected chi connectivity index (χ3v) is 5.25. The highest BCUT2D eigenvalue weighted by molar-refractivity contribution is 7.85. The SMILES string of the molecule is O=[N+]([O-])c1cccc(C2=Nc3cccnc3S(=O)c3ccccc32)c1. The zero-order chi connectivity index (χ0) is 17.4. The molecule has 1 aromatic heterocycles. The quantitative estimate of drug-likeness (QED) is 0.408. The Morgan fingerprint density at radius 3 is 2.68 bits per heavy atom. The van der Waals surface area contributed by atoms with Gasteiger partial charge in [0.1, 0.15) is 10.8 Å². The molecule has 4 rings (SSSR count). The van der Waals surface area contributed by atoms with Crippen molar-refractivity contribution in [2.24, 2.45) is 4.99 Å². The minimum absolute atomic E-state index is 0.0190. The first-order chi connectivity index (χ1) is 12.1. The molecule has 0 aliphatic carbocycles. The molecule has 0 saturated heterocycles. The summed E-state index contributed by atoms with van der Waals surface area (Å²) in [6.07, 6.45) is 1.58. The summed E-state index contributed by atoms with van der Waals surface area (Å²) in [4.78, 5) is 20.1. The Morgan fingerprint density at radius 2 is 1.84 bits per heavy atom.